The van der Waals surface area contributed by atoms with Crippen molar-refractivity contribution in [2.75, 3.05) is 6.61 Å². The van der Waals surface area contributed by atoms with E-state index in [2.05, 4.69) is 0 Å². The van der Waals surface area contributed by atoms with E-state index >= 15 is 0 Å². The Kier molecular flexibility index (Phi) is 8.17. The first-order chi connectivity index (χ1) is 15.3. The van der Waals surface area contributed by atoms with Gasteiger partial charge in [-0.05, 0) is 43.2 Å². The zero-order valence-electron chi connectivity index (χ0n) is 17.5. The van der Waals surface area contributed by atoms with Gasteiger partial charge in [0.15, 0.2) is 11.5 Å². The Bertz CT molecular complexity index is 1070. The van der Waals surface area contributed by atoms with Crippen LogP contribution in [0.1, 0.15) is 31.4 Å². The molecule has 1 aliphatic heterocycles. The molecule has 0 saturated carbocycles. The number of rotatable bonds is 9. The summed E-state index contributed by atoms with van der Waals surface area (Å²) in [7, 11) is 0. The maximum absolute atomic E-state index is 12.8. The van der Waals surface area contributed by atoms with Crippen molar-refractivity contribution in [1.82, 2.24) is 4.90 Å². The molecule has 3 rings (SSSR count). The number of hydrogen-bond donors (Lipinski definition) is 1. The number of hydrogen-bond acceptors (Lipinski definition) is 6. The van der Waals surface area contributed by atoms with E-state index in [9.17, 15) is 14.7 Å². The van der Waals surface area contributed by atoms with E-state index in [1.165, 1.54) is 4.90 Å². The highest BCUT2D eigenvalue weighted by molar-refractivity contribution is 8.26. The Morgan fingerprint density at radius 3 is 2.62 bits per heavy atom. The minimum atomic E-state index is -1.08. The monoisotopic (exact) mass is 491 g/mol. The van der Waals surface area contributed by atoms with Crippen molar-refractivity contribution < 1.29 is 24.2 Å². The van der Waals surface area contributed by atoms with Gasteiger partial charge in [0.05, 0.1) is 11.5 Å². The van der Waals surface area contributed by atoms with Crippen LogP contribution in [0.2, 0.25) is 5.02 Å². The Labute approximate surface area is 201 Å². The predicted molar refractivity (Wildman–Crippen MR) is 130 cm³/mol. The molecule has 1 heterocycles. The number of thiocarbonyl (C=S) groups is 1. The Morgan fingerprint density at radius 2 is 1.97 bits per heavy atom. The van der Waals surface area contributed by atoms with E-state index in [4.69, 9.17) is 33.3 Å². The summed E-state index contributed by atoms with van der Waals surface area (Å²) in [5.74, 6) is -0.413. The fourth-order valence-electron chi connectivity index (χ4n) is 3.14. The fourth-order valence-corrected chi connectivity index (χ4v) is 4.69. The van der Waals surface area contributed by atoms with Gasteiger partial charge in [-0.3, -0.25) is 9.69 Å². The first-order valence-electron chi connectivity index (χ1n) is 9.98. The van der Waals surface area contributed by atoms with Crippen molar-refractivity contribution in [3.8, 4) is 11.5 Å². The number of thioether (sulfide) groups is 1. The number of nitrogens with zero attached hydrogens (tertiary/aromatic N) is 1. The van der Waals surface area contributed by atoms with Crippen LogP contribution in [0.3, 0.4) is 0 Å². The van der Waals surface area contributed by atoms with Crippen LogP contribution in [0.25, 0.3) is 6.08 Å². The molecule has 0 bridgehead atoms. The van der Waals surface area contributed by atoms with Crippen molar-refractivity contribution >= 4 is 57.9 Å². The van der Waals surface area contributed by atoms with Gasteiger partial charge in [-0.15, -0.1) is 0 Å². The van der Waals surface area contributed by atoms with E-state index in [1.54, 1.807) is 37.3 Å². The van der Waals surface area contributed by atoms with E-state index in [-0.39, 0.29) is 17.3 Å². The molecule has 1 aliphatic rings. The molecule has 0 radical (unpaired) electrons. The Hall–Kier alpha value is -2.55. The summed E-state index contributed by atoms with van der Waals surface area (Å²) in [6.07, 6.45) is 1.94. The van der Waals surface area contributed by atoms with Crippen LogP contribution in [0.4, 0.5) is 0 Å². The molecule has 9 heteroatoms. The van der Waals surface area contributed by atoms with Gasteiger partial charge >= 0.3 is 5.97 Å². The first kappa shape index (κ1) is 24.1. The highest BCUT2D eigenvalue weighted by Crippen LogP contribution is 2.36. The number of amides is 1. The predicted octanol–water partition coefficient (Wildman–Crippen LogP) is 5.38. The van der Waals surface area contributed by atoms with Gasteiger partial charge in [0.2, 0.25) is 0 Å². The first-order valence-corrected chi connectivity index (χ1v) is 11.6. The van der Waals surface area contributed by atoms with Crippen LogP contribution in [0, 0.1) is 0 Å². The topological polar surface area (TPSA) is 76.1 Å². The van der Waals surface area contributed by atoms with Crippen LogP contribution in [-0.2, 0) is 16.2 Å². The molecule has 2 aromatic carbocycles. The Balaban J connectivity index is 1.83. The second-order valence-electron chi connectivity index (χ2n) is 6.83. The number of aliphatic carboxylic acids is 1. The van der Waals surface area contributed by atoms with Crippen molar-refractivity contribution in [3.05, 3.63) is 63.5 Å². The summed E-state index contributed by atoms with van der Waals surface area (Å²) in [6.45, 7) is 4.29. The minimum absolute atomic E-state index is 0.236. The SMILES string of the molecule is CCOc1cc(/C=C2/SC(=S)N([C@@H](CC)C(=O)O)C2=O)ccc1OCc1ccccc1Cl. The third-order valence-electron chi connectivity index (χ3n) is 4.71. The lowest BCUT2D eigenvalue weighted by Crippen LogP contribution is -2.43. The van der Waals surface area contributed by atoms with Crippen molar-refractivity contribution in [1.29, 1.82) is 0 Å². The molecular formula is C23H22ClNO5S2. The summed E-state index contributed by atoms with van der Waals surface area (Å²) in [4.78, 5) is 25.8. The quantitative estimate of drug-likeness (QED) is 0.372. The normalized spacial score (nSPS) is 15.8. The van der Waals surface area contributed by atoms with Gasteiger partial charge in [-0.25, -0.2) is 4.79 Å². The molecule has 0 aromatic heterocycles. The van der Waals surface area contributed by atoms with Crippen molar-refractivity contribution in [3.63, 3.8) is 0 Å². The summed E-state index contributed by atoms with van der Waals surface area (Å²) in [5.41, 5.74) is 1.57. The number of ether oxygens (including phenoxy) is 2. The van der Waals surface area contributed by atoms with E-state index < -0.39 is 17.9 Å². The molecular weight excluding hydrogens is 470 g/mol. The summed E-state index contributed by atoms with van der Waals surface area (Å²) in [6, 6.07) is 11.8. The Morgan fingerprint density at radius 1 is 1.22 bits per heavy atom. The highest BCUT2D eigenvalue weighted by Gasteiger charge is 2.39. The molecule has 0 spiro atoms. The molecule has 1 amide bonds. The molecule has 168 valence electrons. The smallest absolute Gasteiger partial charge is 0.326 e. The molecule has 0 unspecified atom stereocenters. The maximum Gasteiger partial charge on any atom is 0.326 e. The van der Waals surface area contributed by atoms with Crippen LogP contribution < -0.4 is 9.47 Å². The third kappa shape index (κ3) is 5.43. The second-order valence-corrected chi connectivity index (χ2v) is 8.92. The number of carboxylic acids is 1. The molecule has 1 saturated heterocycles. The number of carbonyl (C=O) groups is 2. The highest BCUT2D eigenvalue weighted by atomic mass is 35.5. The zero-order valence-corrected chi connectivity index (χ0v) is 19.9. The maximum atomic E-state index is 12.8. The van der Waals surface area contributed by atoms with Gasteiger partial charge in [-0.1, -0.05) is 66.8 Å². The lowest BCUT2D eigenvalue weighted by molar-refractivity contribution is -0.145. The summed E-state index contributed by atoms with van der Waals surface area (Å²) < 4.78 is 11.9. The number of carboxylic acid groups (broad SMARTS) is 1. The van der Waals surface area contributed by atoms with Gasteiger partial charge in [0, 0.05) is 10.6 Å². The molecule has 2 aromatic rings. The molecule has 1 atom stereocenters. The number of halogens is 1. The fraction of sp³-hybridized carbons (Fsp3) is 0.261. The van der Waals surface area contributed by atoms with Gasteiger partial charge in [-0.2, -0.15) is 0 Å². The van der Waals surface area contributed by atoms with Gasteiger partial charge in [0.25, 0.3) is 5.91 Å². The van der Waals surface area contributed by atoms with E-state index in [0.29, 0.717) is 33.6 Å². The molecule has 0 aliphatic carbocycles. The summed E-state index contributed by atoms with van der Waals surface area (Å²) >= 11 is 12.5. The van der Waals surface area contributed by atoms with Crippen molar-refractivity contribution in [2.45, 2.75) is 32.9 Å². The van der Waals surface area contributed by atoms with Crippen LogP contribution >= 0.6 is 35.6 Å². The number of carbonyl (C=O) groups excluding carboxylic acids is 1. The van der Waals surface area contributed by atoms with Crippen LogP contribution in [-0.4, -0.2) is 38.9 Å². The molecule has 1 fully saturated rings. The second kappa shape index (κ2) is 10.8. The average Bonchev–Trinajstić information content (AvgIpc) is 3.02. The molecule has 1 N–H and O–H groups in total. The van der Waals surface area contributed by atoms with E-state index in [1.807, 2.05) is 25.1 Å². The standard InChI is InChI=1S/C23H22ClNO5S2/c1-3-17(22(27)28)25-21(26)20(32-23(25)31)12-14-9-10-18(19(11-14)29-4-2)30-13-15-7-5-6-8-16(15)24/h5-12,17H,3-4,13H2,1-2H3,(H,27,28)/b20-12+/t17-/m0/s1. The van der Waals surface area contributed by atoms with Crippen molar-refractivity contribution in [2.24, 2.45) is 0 Å². The van der Waals surface area contributed by atoms with Crippen LogP contribution in [0.5, 0.6) is 11.5 Å². The largest absolute Gasteiger partial charge is 0.490 e. The van der Waals surface area contributed by atoms with E-state index in [0.717, 1.165) is 17.3 Å². The third-order valence-corrected chi connectivity index (χ3v) is 6.41. The average molecular weight is 492 g/mol. The number of benzene rings is 2. The summed E-state index contributed by atoms with van der Waals surface area (Å²) in [5, 5.41) is 10.0. The van der Waals surface area contributed by atoms with Gasteiger partial charge < -0.3 is 14.6 Å². The van der Waals surface area contributed by atoms with Crippen LogP contribution in [0.15, 0.2) is 47.4 Å². The zero-order chi connectivity index (χ0) is 23.3. The minimum Gasteiger partial charge on any atom is -0.490 e. The molecule has 32 heavy (non-hydrogen) atoms. The molecule has 6 nitrogen and oxygen atoms in total. The lowest BCUT2D eigenvalue weighted by atomic mass is 10.1. The lowest BCUT2D eigenvalue weighted by Gasteiger charge is -2.21. The van der Waals surface area contributed by atoms with Gasteiger partial charge in [0.1, 0.15) is 17.0 Å².